The van der Waals surface area contributed by atoms with Gasteiger partial charge in [0.05, 0.1) is 0 Å². The van der Waals surface area contributed by atoms with Gasteiger partial charge in [-0.25, -0.2) is 0 Å². The smallest absolute Gasteiger partial charge is 0.143 e. The summed E-state index contributed by atoms with van der Waals surface area (Å²) in [5.74, 6) is 0.763. The fourth-order valence-corrected chi connectivity index (χ4v) is 2.78. The van der Waals surface area contributed by atoms with E-state index in [0.29, 0.717) is 0 Å². The first-order valence-corrected chi connectivity index (χ1v) is 7.56. The van der Waals surface area contributed by atoms with Gasteiger partial charge in [-0.1, -0.05) is 68.5 Å². The van der Waals surface area contributed by atoms with Crippen molar-refractivity contribution in [3.63, 3.8) is 0 Å². The van der Waals surface area contributed by atoms with Crippen molar-refractivity contribution in [3.8, 4) is 10.6 Å². The molecule has 2 aromatic rings. The third-order valence-electron chi connectivity index (χ3n) is 3.03. The molecule has 2 rings (SSSR count). The average molecular weight is 272 g/mol. The van der Waals surface area contributed by atoms with E-state index >= 15 is 0 Å². The second-order valence-corrected chi connectivity index (χ2v) is 6.18. The molecule has 0 N–H and O–H groups in total. The van der Waals surface area contributed by atoms with E-state index < -0.39 is 0 Å². The van der Waals surface area contributed by atoms with Gasteiger partial charge < -0.3 is 0 Å². The third kappa shape index (κ3) is 4.00. The van der Waals surface area contributed by atoms with Gasteiger partial charge in [0, 0.05) is 12.0 Å². The van der Waals surface area contributed by atoms with E-state index in [1.807, 2.05) is 6.08 Å². The van der Waals surface area contributed by atoms with Gasteiger partial charge in [0.25, 0.3) is 0 Å². The van der Waals surface area contributed by atoms with Crippen LogP contribution in [0.15, 0.2) is 30.8 Å². The fraction of sp³-hybridized carbons (Fsp3) is 0.375. The Morgan fingerprint density at radius 1 is 1.21 bits per heavy atom. The highest BCUT2D eigenvalue weighted by atomic mass is 32.1. The summed E-state index contributed by atoms with van der Waals surface area (Å²) in [4.78, 5) is 0. The van der Waals surface area contributed by atoms with Crippen LogP contribution in [-0.2, 0) is 6.42 Å². The minimum absolute atomic E-state index is 0.763. The van der Waals surface area contributed by atoms with Crippen molar-refractivity contribution in [2.45, 2.75) is 33.1 Å². The number of hydrogen-bond acceptors (Lipinski definition) is 3. The largest absolute Gasteiger partial charge is 0.147 e. The van der Waals surface area contributed by atoms with Crippen LogP contribution < -0.4 is 0 Å². The standard InChI is InChI=1S/C16H20N2S/c1-4-13-8-10-14(11-9-13)16-18-17-15(19-16)7-5-6-12(2)3/h4,8-12H,1,5-7H2,2-3H3. The van der Waals surface area contributed by atoms with Crippen LogP contribution in [0, 0.1) is 5.92 Å². The van der Waals surface area contributed by atoms with Gasteiger partial charge in [-0.2, -0.15) is 0 Å². The number of aryl methyl sites for hydroxylation is 1. The Kier molecular flexibility index (Phi) is 4.86. The SMILES string of the molecule is C=Cc1ccc(-c2nnc(CCCC(C)C)s2)cc1. The zero-order valence-electron chi connectivity index (χ0n) is 11.6. The molecule has 0 aliphatic heterocycles. The van der Waals surface area contributed by atoms with Crippen molar-refractivity contribution in [2.24, 2.45) is 5.92 Å². The van der Waals surface area contributed by atoms with E-state index in [0.717, 1.165) is 33.5 Å². The Balaban J connectivity index is 2.01. The lowest BCUT2D eigenvalue weighted by Crippen LogP contribution is -1.90. The molecular weight excluding hydrogens is 252 g/mol. The van der Waals surface area contributed by atoms with Crippen molar-refractivity contribution in [2.75, 3.05) is 0 Å². The van der Waals surface area contributed by atoms with Crippen LogP contribution in [0.2, 0.25) is 0 Å². The van der Waals surface area contributed by atoms with E-state index in [-0.39, 0.29) is 0 Å². The summed E-state index contributed by atoms with van der Waals surface area (Å²) < 4.78 is 0. The zero-order chi connectivity index (χ0) is 13.7. The van der Waals surface area contributed by atoms with Crippen molar-refractivity contribution >= 4 is 17.4 Å². The fourth-order valence-electron chi connectivity index (χ4n) is 1.89. The van der Waals surface area contributed by atoms with Crippen LogP contribution in [0.1, 0.15) is 37.3 Å². The summed E-state index contributed by atoms with van der Waals surface area (Å²) in [5, 5.41) is 10.7. The molecule has 3 heteroatoms. The van der Waals surface area contributed by atoms with Crippen LogP contribution >= 0.6 is 11.3 Å². The van der Waals surface area contributed by atoms with Crippen LogP contribution in [0.5, 0.6) is 0 Å². The lowest BCUT2D eigenvalue weighted by molar-refractivity contribution is 0.554. The van der Waals surface area contributed by atoms with Crippen molar-refractivity contribution in [3.05, 3.63) is 41.4 Å². The van der Waals surface area contributed by atoms with Gasteiger partial charge >= 0.3 is 0 Å². The first-order chi connectivity index (χ1) is 9.19. The normalized spacial score (nSPS) is 10.9. The highest BCUT2D eigenvalue weighted by molar-refractivity contribution is 7.14. The van der Waals surface area contributed by atoms with Crippen LogP contribution in [0.3, 0.4) is 0 Å². The van der Waals surface area contributed by atoms with Gasteiger partial charge in [-0.05, 0) is 17.9 Å². The summed E-state index contributed by atoms with van der Waals surface area (Å²) in [5.41, 5.74) is 2.27. The predicted molar refractivity (Wildman–Crippen MR) is 83.2 cm³/mol. The van der Waals surface area contributed by atoms with E-state index in [9.17, 15) is 0 Å². The maximum absolute atomic E-state index is 4.28. The van der Waals surface area contributed by atoms with Crippen molar-refractivity contribution in [1.29, 1.82) is 0 Å². The molecule has 1 aromatic heterocycles. The monoisotopic (exact) mass is 272 g/mol. The molecule has 0 aliphatic carbocycles. The molecule has 100 valence electrons. The quantitative estimate of drug-likeness (QED) is 0.753. The molecule has 19 heavy (non-hydrogen) atoms. The molecule has 0 amide bonds. The molecule has 0 radical (unpaired) electrons. The molecule has 0 saturated heterocycles. The predicted octanol–water partition coefficient (Wildman–Crippen LogP) is 4.83. The maximum atomic E-state index is 4.28. The van der Waals surface area contributed by atoms with Gasteiger partial charge in [0.2, 0.25) is 0 Å². The third-order valence-corrected chi connectivity index (χ3v) is 4.06. The minimum atomic E-state index is 0.763. The summed E-state index contributed by atoms with van der Waals surface area (Å²) in [6.45, 7) is 8.27. The molecule has 0 spiro atoms. The summed E-state index contributed by atoms with van der Waals surface area (Å²) >= 11 is 1.70. The van der Waals surface area contributed by atoms with Crippen molar-refractivity contribution < 1.29 is 0 Å². The molecule has 0 fully saturated rings. The number of benzene rings is 1. The second-order valence-electron chi connectivity index (χ2n) is 5.11. The topological polar surface area (TPSA) is 25.8 Å². The van der Waals surface area contributed by atoms with Gasteiger partial charge in [0.15, 0.2) is 0 Å². The minimum Gasteiger partial charge on any atom is -0.143 e. The first-order valence-electron chi connectivity index (χ1n) is 6.74. The molecule has 0 aliphatic rings. The van der Waals surface area contributed by atoms with Crippen LogP contribution in [0.25, 0.3) is 16.6 Å². The lowest BCUT2D eigenvalue weighted by Gasteiger charge is -2.01. The van der Waals surface area contributed by atoms with Crippen molar-refractivity contribution in [1.82, 2.24) is 10.2 Å². The highest BCUT2D eigenvalue weighted by Gasteiger charge is 2.06. The van der Waals surface area contributed by atoms with E-state index in [2.05, 4.69) is 54.9 Å². The molecule has 2 nitrogen and oxygen atoms in total. The van der Waals surface area contributed by atoms with E-state index in [1.54, 1.807) is 11.3 Å². The summed E-state index contributed by atoms with van der Waals surface area (Å²) in [6.07, 6.45) is 5.34. The number of nitrogens with zero attached hydrogens (tertiary/aromatic N) is 2. The number of hydrogen-bond donors (Lipinski definition) is 0. The summed E-state index contributed by atoms with van der Waals surface area (Å²) in [6, 6.07) is 8.27. The van der Waals surface area contributed by atoms with Gasteiger partial charge in [0.1, 0.15) is 10.0 Å². The Hall–Kier alpha value is -1.48. The molecule has 0 bridgehead atoms. The molecule has 1 aromatic carbocycles. The Bertz CT molecular complexity index is 526. The maximum Gasteiger partial charge on any atom is 0.147 e. The molecule has 0 unspecified atom stereocenters. The van der Waals surface area contributed by atoms with Crippen LogP contribution in [-0.4, -0.2) is 10.2 Å². The molecule has 0 atom stereocenters. The Morgan fingerprint density at radius 3 is 2.58 bits per heavy atom. The van der Waals surface area contributed by atoms with E-state index in [1.165, 1.54) is 12.8 Å². The molecular formula is C16H20N2S. The number of rotatable bonds is 6. The zero-order valence-corrected chi connectivity index (χ0v) is 12.4. The second kappa shape index (κ2) is 6.62. The Morgan fingerprint density at radius 2 is 1.95 bits per heavy atom. The lowest BCUT2D eigenvalue weighted by atomic mass is 10.1. The molecule has 0 saturated carbocycles. The van der Waals surface area contributed by atoms with Gasteiger partial charge in [-0.15, -0.1) is 10.2 Å². The average Bonchev–Trinajstić information content (AvgIpc) is 2.87. The number of aromatic nitrogens is 2. The van der Waals surface area contributed by atoms with Gasteiger partial charge in [-0.3, -0.25) is 0 Å². The Labute approximate surface area is 119 Å². The van der Waals surface area contributed by atoms with E-state index in [4.69, 9.17) is 0 Å². The first kappa shape index (κ1) is 13.9. The van der Waals surface area contributed by atoms with Crippen LogP contribution in [0.4, 0.5) is 0 Å². The highest BCUT2D eigenvalue weighted by Crippen LogP contribution is 2.25. The summed E-state index contributed by atoms with van der Waals surface area (Å²) in [7, 11) is 0. The molecule has 1 heterocycles.